The Labute approximate surface area is 127 Å². The Hall–Kier alpha value is -0.910. The fraction of sp³-hybridized carbons (Fsp3) is 0.625. The largest absolute Gasteiger partial charge is 0.392 e. The summed E-state index contributed by atoms with van der Waals surface area (Å²) >= 11 is 0. The second-order valence-corrected chi connectivity index (χ2v) is 8.19. The molecule has 5 heteroatoms. The third kappa shape index (κ3) is 3.47. The van der Waals surface area contributed by atoms with Crippen LogP contribution >= 0.6 is 0 Å². The number of benzene rings is 1. The highest BCUT2D eigenvalue weighted by Crippen LogP contribution is 2.30. The van der Waals surface area contributed by atoms with Crippen molar-refractivity contribution in [3.05, 3.63) is 29.3 Å². The van der Waals surface area contributed by atoms with Gasteiger partial charge in [-0.05, 0) is 48.9 Å². The number of aliphatic hydroxyl groups excluding tert-OH is 1. The quantitative estimate of drug-likeness (QED) is 0.930. The molecule has 0 heterocycles. The third-order valence-corrected chi connectivity index (χ3v) is 6.50. The Balaban J connectivity index is 2.28. The topological polar surface area (TPSA) is 57.6 Å². The van der Waals surface area contributed by atoms with Crippen LogP contribution in [-0.2, 0) is 16.6 Å². The lowest BCUT2D eigenvalue weighted by atomic mass is 9.87. The van der Waals surface area contributed by atoms with E-state index in [1.165, 1.54) is 10.7 Å². The lowest BCUT2D eigenvalue weighted by Gasteiger charge is -2.33. The van der Waals surface area contributed by atoms with Crippen molar-refractivity contribution in [2.45, 2.75) is 57.1 Å². The Morgan fingerprint density at radius 3 is 2.67 bits per heavy atom. The van der Waals surface area contributed by atoms with Crippen molar-refractivity contribution >= 4 is 10.0 Å². The van der Waals surface area contributed by atoms with E-state index in [0.29, 0.717) is 11.5 Å². The molecule has 0 radical (unpaired) electrons. The summed E-state index contributed by atoms with van der Waals surface area (Å²) in [7, 11) is -1.81. The number of sulfonamides is 1. The van der Waals surface area contributed by atoms with E-state index in [0.717, 1.165) is 24.8 Å². The van der Waals surface area contributed by atoms with E-state index in [2.05, 4.69) is 6.92 Å². The molecular weight excluding hydrogens is 286 g/mol. The van der Waals surface area contributed by atoms with Crippen LogP contribution in [0.2, 0.25) is 0 Å². The summed E-state index contributed by atoms with van der Waals surface area (Å²) in [5, 5.41) is 9.32. The molecule has 2 atom stereocenters. The van der Waals surface area contributed by atoms with E-state index in [-0.39, 0.29) is 17.5 Å². The maximum atomic E-state index is 12.8. The average Bonchev–Trinajstić information content (AvgIpc) is 2.46. The van der Waals surface area contributed by atoms with E-state index in [9.17, 15) is 13.5 Å². The normalized spacial score (nSPS) is 23.5. The summed E-state index contributed by atoms with van der Waals surface area (Å²) in [5.74, 6) is 0.576. The molecule has 1 aromatic rings. The smallest absolute Gasteiger partial charge is 0.243 e. The minimum absolute atomic E-state index is 0.0811. The molecule has 0 aromatic heterocycles. The highest BCUT2D eigenvalue weighted by molar-refractivity contribution is 7.89. The minimum Gasteiger partial charge on any atom is -0.392 e. The van der Waals surface area contributed by atoms with E-state index in [1.54, 1.807) is 25.2 Å². The number of nitrogens with zero attached hydrogens (tertiary/aromatic N) is 1. The van der Waals surface area contributed by atoms with Crippen LogP contribution in [0.25, 0.3) is 0 Å². The van der Waals surface area contributed by atoms with Crippen LogP contribution in [0.3, 0.4) is 0 Å². The fourth-order valence-corrected chi connectivity index (χ4v) is 4.52. The monoisotopic (exact) mass is 311 g/mol. The van der Waals surface area contributed by atoms with Crippen LogP contribution in [0.4, 0.5) is 0 Å². The molecule has 2 rings (SSSR count). The molecular formula is C16H25NO3S. The van der Waals surface area contributed by atoms with Gasteiger partial charge in [0.2, 0.25) is 10.0 Å². The van der Waals surface area contributed by atoms with Gasteiger partial charge in [0, 0.05) is 13.1 Å². The molecule has 4 nitrogen and oxygen atoms in total. The van der Waals surface area contributed by atoms with Crippen molar-refractivity contribution in [3.63, 3.8) is 0 Å². The first-order valence-corrected chi connectivity index (χ1v) is 8.98. The highest BCUT2D eigenvalue weighted by atomic mass is 32.2. The number of hydrogen-bond acceptors (Lipinski definition) is 3. The molecule has 1 aromatic carbocycles. The molecule has 0 bridgehead atoms. The van der Waals surface area contributed by atoms with Gasteiger partial charge in [-0.15, -0.1) is 0 Å². The lowest BCUT2D eigenvalue weighted by Crippen LogP contribution is -2.39. The van der Waals surface area contributed by atoms with Crippen LogP contribution in [0.5, 0.6) is 0 Å². The Morgan fingerprint density at radius 1 is 1.33 bits per heavy atom. The van der Waals surface area contributed by atoms with Crippen LogP contribution in [0, 0.1) is 12.8 Å². The fourth-order valence-electron chi connectivity index (χ4n) is 3.07. The van der Waals surface area contributed by atoms with Crippen LogP contribution in [0.1, 0.15) is 43.7 Å². The van der Waals surface area contributed by atoms with Gasteiger partial charge in [-0.1, -0.05) is 25.8 Å². The number of rotatable bonds is 4. The molecule has 2 unspecified atom stereocenters. The first-order valence-electron chi connectivity index (χ1n) is 7.54. The Kier molecular flexibility index (Phi) is 5.07. The summed E-state index contributed by atoms with van der Waals surface area (Å²) in [4.78, 5) is 0.276. The standard InChI is InChI=1S/C16H25NO3S/c1-12-5-4-6-15(9-12)17(3)21(19,20)16-8-7-13(2)14(10-16)11-18/h7-8,10,12,15,18H,4-6,9,11H2,1-3H3. The Morgan fingerprint density at radius 2 is 2.05 bits per heavy atom. The number of aliphatic hydroxyl groups is 1. The molecule has 1 aliphatic carbocycles. The van der Waals surface area contributed by atoms with Crippen molar-refractivity contribution in [3.8, 4) is 0 Å². The molecule has 1 aliphatic rings. The molecule has 1 N–H and O–H groups in total. The Bertz CT molecular complexity index is 598. The summed E-state index contributed by atoms with van der Waals surface area (Å²) in [6.07, 6.45) is 4.12. The summed E-state index contributed by atoms with van der Waals surface area (Å²) < 4.78 is 27.0. The minimum atomic E-state index is -3.49. The van der Waals surface area contributed by atoms with Crippen molar-refractivity contribution in [2.75, 3.05) is 7.05 Å². The van der Waals surface area contributed by atoms with Gasteiger partial charge in [-0.3, -0.25) is 0 Å². The molecule has 1 fully saturated rings. The lowest BCUT2D eigenvalue weighted by molar-refractivity contribution is 0.239. The zero-order valence-corrected chi connectivity index (χ0v) is 13.9. The van der Waals surface area contributed by atoms with Crippen molar-refractivity contribution < 1.29 is 13.5 Å². The van der Waals surface area contributed by atoms with Crippen LogP contribution in [-0.4, -0.2) is 30.9 Å². The predicted molar refractivity (Wildman–Crippen MR) is 83.5 cm³/mol. The van der Waals surface area contributed by atoms with E-state index >= 15 is 0 Å². The second kappa shape index (κ2) is 6.46. The average molecular weight is 311 g/mol. The molecule has 21 heavy (non-hydrogen) atoms. The van der Waals surface area contributed by atoms with Gasteiger partial charge in [0.25, 0.3) is 0 Å². The summed E-state index contributed by atoms with van der Waals surface area (Å²) in [5.41, 5.74) is 1.58. The van der Waals surface area contributed by atoms with Gasteiger partial charge < -0.3 is 5.11 Å². The van der Waals surface area contributed by atoms with E-state index in [4.69, 9.17) is 0 Å². The molecule has 0 saturated heterocycles. The van der Waals surface area contributed by atoms with Crippen LogP contribution < -0.4 is 0 Å². The molecule has 0 aliphatic heterocycles. The zero-order chi connectivity index (χ0) is 15.6. The second-order valence-electron chi connectivity index (χ2n) is 6.19. The van der Waals surface area contributed by atoms with Gasteiger partial charge in [-0.25, -0.2) is 8.42 Å². The molecule has 0 spiro atoms. The summed E-state index contributed by atoms with van der Waals surface area (Å²) in [6, 6.07) is 5.06. The first-order chi connectivity index (χ1) is 9.86. The van der Waals surface area contributed by atoms with Crippen molar-refractivity contribution in [1.29, 1.82) is 0 Å². The highest BCUT2D eigenvalue weighted by Gasteiger charge is 2.31. The van der Waals surface area contributed by atoms with Gasteiger partial charge >= 0.3 is 0 Å². The van der Waals surface area contributed by atoms with Crippen molar-refractivity contribution in [1.82, 2.24) is 4.31 Å². The third-order valence-electron chi connectivity index (χ3n) is 4.59. The van der Waals surface area contributed by atoms with E-state index in [1.807, 2.05) is 6.92 Å². The van der Waals surface area contributed by atoms with Crippen LogP contribution in [0.15, 0.2) is 23.1 Å². The van der Waals surface area contributed by atoms with Gasteiger partial charge in [0.05, 0.1) is 11.5 Å². The van der Waals surface area contributed by atoms with Crippen molar-refractivity contribution in [2.24, 2.45) is 5.92 Å². The zero-order valence-electron chi connectivity index (χ0n) is 13.0. The van der Waals surface area contributed by atoms with Gasteiger partial charge in [-0.2, -0.15) is 4.31 Å². The van der Waals surface area contributed by atoms with Gasteiger partial charge in [0.15, 0.2) is 0 Å². The van der Waals surface area contributed by atoms with Gasteiger partial charge in [0.1, 0.15) is 0 Å². The number of aryl methyl sites for hydroxylation is 1. The maximum Gasteiger partial charge on any atom is 0.243 e. The molecule has 1 saturated carbocycles. The SMILES string of the molecule is Cc1ccc(S(=O)(=O)N(C)C2CCCC(C)C2)cc1CO. The number of hydrogen-bond donors (Lipinski definition) is 1. The predicted octanol–water partition coefficient (Wildman–Crippen LogP) is 2.69. The first kappa shape index (κ1) is 16.5. The molecule has 0 amide bonds. The van der Waals surface area contributed by atoms with E-state index < -0.39 is 10.0 Å². The summed E-state index contributed by atoms with van der Waals surface area (Å²) in [6.45, 7) is 3.91. The maximum absolute atomic E-state index is 12.8. The molecule has 118 valence electrons.